The van der Waals surface area contributed by atoms with Crippen molar-refractivity contribution in [3.8, 4) is 0 Å². The van der Waals surface area contributed by atoms with Crippen molar-refractivity contribution in [2.45, 2.75) is 0 Å². The van der Waals surface area contributed by atoms with Gasteiger partial charge in [0.2, 0.25) is 0 Å². The van der Waals surface area contributed by atoms with Crippen LogP contribution >= 0.6 is 36.7 Å². The maximum atomic E-state index is 7.13. The van der Waals surface area contributed by atoms with E-state index in [1.165, 1.54) is 15.5 Å². The first-order valence-corrected chi connectivity index (χ1v) is 4.96. The van der Waals surface area contributed by atoms with Crippen molar-refractivity contribution in [3.63, 3.8) is 0 Å². The minimum Gasteiger partial charge on any atom is -0.753 e. The summed E-state index contributed by atoms with van der Waals surface area (Å²) >= 11 is 11.1. The molecule has 0 saturated heterocycles. The summed E-state index contributed by atoms with van der Waals surface area (Å²) in [4.78, 5) is 0. The SMILES string of the molecule is NCC[N-]CCN.[Co].[N-]=C=S.[N-]=C=S.[N-]=C=S. The van der Waals surface area contributed by atoms with Crippen LogP contribution in [0.5, 0.6) is 0 Å². The zero-order valence-corrected chi connectivity index (χ0v) is 12.3. The van der Waals surface area contributed by atoms with Crippen molar-refractivity contribution in [3.05, 3.63) is 21.5 Å². The van der Waals surface area contributed by atoms with Crippen LogP contribution in [-0.2, 0) is 16.8 Å². The largest absolute Gasteiger partial charge is 0.753 e. The Morgan fingerprint density at radius 3 is 1.12 bits per heavy atom. The van der Waals surface area contributed by atoms with Crippen LogP contribution in [0.15, 0.2) is 0 Å². The van der Waals surface area contributed by atoms with E-state index < -0.39 is 0 Å². The van der Waals surface area contributed by atoms with E-state index in [1.54, 1.807) is 0 Å². The van der Waals surface area contributed by atoms with E-state index in [4.69, 9.17) is 27.7 Å². The number of thiocarbonyl (C=S) groups is 3. The van der Waals surface area contributed by atoms with E-state index in [1.807, 2.05) is 0 Å². The third-order valence-corrected chi connectivity index (χ3v) is 0.574. The van der Waals surface area contributed by atoms with Gasteiger partial charge in [0.15, 0.2) is 0 Å². The minimum absolute atomic E-state index is 0. The van der Waals surface area contributed by atoms with Crippen molar-refractivity contribution in [1.82, 2.24) is 0 Å². The average Bonchev–Trinajstić information content (AvgIpc) is 2.22. The summed E-state index contributed by atoms with van der Waals surface area (Å²) in [5.41, 5.74) is 10.3. The summed E-state index contributed by atoms with van der Waals surface area (Å²) in [6.07, 6.45) is 0. The molecule has 0 aromatic heterocycles. The van der Waals surface area contributed by atoms with Crippen molar-refractivity contribution >= 4 is 52.1 Å². The Balaban J connectivity index is -0.0000000411. The second-order valence-corrected chi connectivity index (χ2v) is 2.07. The fraction of sp³-hybridized carbons (Fsp3) is 0.571. The van der Waals surface area contributed by atoms with E-state index >= 15 is 0 Å². The van der Waals surface area contributed by atoms with Crippen LogP contribution in [0.4, 0.5) is 0 Å². The molecule has 0 rings (SSSR count). The van der Waals surface area contributed by atoms with Gasteiger partial charge in [-0.2, -0.15) is 15.5 Å². The van der Waals surface area contributed by atoms with E-state index in [-0.39, 0.29) is 16.8 Å². The molecule has 0 aliphatic heterocycles. The molecule has 0 unspecified atom stereocenters. The maximum absolute atomic E-state index is 7.13. The van der Waals surface area contributed by atoms with Gasteiger partial charge in [-0.15, -0.1) is 13.1 Å². The molecule has 0 aliphatic rings. The second kappa shape index (κ2) is 56.9. The Labute approximate surface area is 128 Å². The average molecular weight is 335 g/mol. The number of hydrogen-bond donors (Lipinski definition) is 2. The molecule has 0 aliphatic carbocycles. The molecule has 0 atom stereocenters. The van der Waals surface area contributed by atoms with Crippen LogP contribution in [-0.4, -0.2) is 41.7 Å². The van der Waals surface area contributed by atoms with Crippen LogP contribution in [0, 0.1) is 0 Å². The maximum Gasteiger partial charge on any atom is 0 e. The monoisotopic (exact) mass is 335 g/mol. The minimum atomic E-state index is 0. The third-order valence-electron chi connectivity index (χ3n) is 0.574. The molecule has 0 spiro atoms. The van der Waals surface area contributed by atoms with Crippen molar-refractivity contribution in [2.75, 3.05) is 26.2 Å². The van der Waals surface area contributed by atoms with Gasteiger partial charge in [0.1, 0.15) is 0 Å². The van der Waals surface area contributed by atoms with Crippen LogP contribution < -0.4 is 11.5 Å². The van der Waals surface area contributed by atoms with E-state index in [0.29, 0.717) is 13.1 Å². The predicted molar refractivity (Wildman–Crippen MR) is 79.1 cm³/mol. The molecule has 0 amide bonds. The molecule has 101 valence electrons. The van der Waals surface area contributed by atoms with Crippen molar-refractivity contribution in [1.29, 1.82) is 0 Å². The topological polar surface area (TPSA) is 133 Å². The Bertz CT molecular complexity index is 175. The predicted octanol–water partition coefficient (Wildman–Crippen LogP) is 1.25. The molecule has 10 heteroatoms. The van der Waals surface area contributed by atoms with E-state index in [9.17, 15) is 0 Å². The van der Waals surface area contributed by atoms with Gasteiger partial charge in [-0.3, -0.25) is 0 Å². The number of rotatable bonds is 4. The van der Waals surface area contributed by atoms with Crippen molar-refractivity contribution in [2.24, 2.45) is 11.5 Å². The van der Waals surface area contributed by atoms with Crippen LogP contribution in [0.1, 0.15) is 0 Å². The number of nitrogens with two attached hydrogens (primary N) is 2. The fourth-order valence-electron chi connectivity index (χ4n) is 0.294. The molecular weight excluding hydrogens is 323 g/mol. The molecule has 0 saturated carbocycles. The molecule has 0 fully saturated rings. The van der Waals surface area contributed by atoms with Gasteiger partial charge in [0.05, 0.1) is 0 Å². The first-order valence-electron chi connectivity index (χ1n) is 3.73. The number of nitrogens with zero attached hydrogens (tertiary/aromatic N) is 4. The molecule has 0 bridgehead atoms. The zero-order valence-electron chi connectivity index (χ0n) is 8.83. The molecule has 0 aromatic rings. The Morgan fingerprint density at radius 2 is 1.00 bits per heavy atom. The smallest absolute Gasteiger partial charge is 0 e. The van der Waals surface area contributed by atoms with E-state index in [0.717, 1.165) is 13.1 Å². The van der Waals surface area contributed by atoms with Gasteiger partial charge in [-0.05, 0) is 13.1 Å². The van der Waals surface area contributed by atoms with Gasteiger partial charge >= 0.3 is 0 Å². The molecule has 1 radical (unpaired) electrons. The van der Waals surface area contributed by atoms with Crippen LogP contribution in [0.2, 0.25) is 0 Å². The molecule has 0 aromatic carbocycles. The molecule has 6 nitrogen and oxygen atoms in total. The summed E-state index contributed by atoms with van der Waals surface area (Å²) < 4.78 is 0. The van der Waals surface area contributed by atoms with Crippen LogP contribution in [0.25, 0.3) is 21.5 Å². The Hall–Kier alpha value is -0.214. The van der Waals surface area contributed by atoms with E-state index in [2.05, 4.69) is 42.0 Å². The van der Waals surface area contributed by atoms with Gasteiger partial charge in [0, 0.05) is 16.8 Å². The quantitative estimate of drug-likeness (QED) is 0.453. The summed E-state index contributed by atoms with van der Waals surface area (Å²) in [6, 6.07) is 0. The van der Waals surface area contributed by atoms with Gasteiger partial charge in [-0.25, -0.2) is 0 Å². The Kier molecular flexibility index (Phi) is 101. The first-order chi connectivity index (χ1) is 7.66. The summed E-state index contributed by atoms with van der Waals surface area (Å²) in [6.45, 7) is 2.77. The number of hydrogen-bond acceptors (Lipinski definition) is 5. The molecular formula is C7H12CoN6S3-4. The van der Waals surface area contributed by atoms with Gasteiger partial charge in [-0.1, -0.05) is 36.7 Å². The fourth-order valence-corrected chi connectivity index (χ4v) is 0.294. The Morgan fingerprint density at radius 1 is 0.824 bits per heavy atom. The third kappa shape index (κ3) is 209. The van der Waals surface area contributed by atoms with Gasteiger partial charge in [0.25, 0.3) is 0 Å². The van der Waals surface area contributed by atoms with Crippen LogP contribution in [0.3, 0.4) is 0 Å². The number of isothiocyanates is 3. The molecule has 4 N–H and O–H groups in total. The van der Waals surface area contributed by atoms with Gasteiger partial charge < -0.3 is 33.0 Å². The molecule has 0 heterocycles. The first kappa shape index (κ1) is 30.1. The summed E-state index contributed by atoms with van der Waals surface area (Å²) in [5.74, 6) is 0. The standard InChI is InChI=1S/C4H12N3.3CNS.Co/c5-1-3-7-4-2-6;3*2-1-3;/h1-6H2;;;;/q4*-1;. The summed E-state index contributed by atoms with van der Waals surface area (Å²) in [5, 5.41) is 29.4. The normalized spacial score (nSPS) is 5.29. The zero-order chi connectivity index (χ0) is 13.7. The second-order valence-electron chi connectivity index (χ2n) is 1.52. The molecule has 17 heavy (non-hydrogen) atoms. The van der Waals surface area contributed by atoms with Crippen molar-refractivity contribution < 1.29 is 16.8 Å². The summed E-state index contributed by atoms with van der Waals surface area (Å²) in [7, 11) is 0.